The third-order valence-corrected chi connectivity index (χ3v) is 9.09. The van der Waals surface area contributed by atoms with Crippen molar-refractivity contribution in [1.29, 1.82) is 0 Å². The number of carboxylic acids is 2. The van der Waals surface area contributed by atoms with Gasteiger partial charge in [0.1, 0.15) is 25.4 Å². The van der Waals surface area contributed by atoms with Crippen LogP contribution >= 0.6 is 0 Å². The molecule has 0 fully saturated rings. The first-order valence-electron chi connectivity index (χ1n) is 17.5. The van der Waals surface area contributed by atoms with E-state index >= 15 is 0 Å². The van der Waals surface area contributed by atoms with E-state index in [0.29, 0.717) is 24.0 Å². The van der Waals surface area contributed by atoms with Crippen LogP contribution in [0.2, 0.25) is 0 Å². The predicted molar refractivity (Wildman–Crippen MR) is 208 cm³/mol. The SMILES string of the molecule is CC(C=CC=C(C)C=CC1=C(C)C(=O)C(OCC(=O)O)CC1(C)C)=CC=CC=C(C)C=CC=C(C)C=CC1=C(C)C(=O)C(OCC(=O)O)CC1(C)C. The third kappa shape index (κ3) is 13.8. The molecule has 0 saturated carbocycles. The standard InChI is InChI=1S/C44H56O8/c1-29(17-13-19-31(3)21-23-35-33(5)41(49)37(25-43(35,7)8)51-27-39(45)46)15-11-12-16-30(2)18-14-20-32(4)22-24-36-34(6)42(50)38(26-44(36,9)10)52-28-40(47)48/h11-24,37-38H,25-28H2,1-10H3,(H,45,46)(H,47,48). The Kier molecular flexibility index (Phi) is 16.6. The number of ether oxygens (including phenoxy) is 2. The fraction of sp³-hybridized carbons (Fsp3) is 0.409. The highest BCUT2D eigenvalue weighted by molar-refractivity contribution is 6.01. The van der Waals surface area contributed by atoms with Crippen LogP contribution in [0.25, 0.3) is 0 Å². The zero-order chi connectivity index (χ0) is 39.2. The molecule has 0 aromatic heterocycles. The van der Waals surface area contributed by atoms with Crippen LogP contribution in [0.1, 0.15) is 82.1 Å². The lowest BCUT2D eigenvalue weighted by atomic mass is 9.71. The maximum Gasteiger partial charge on any atom is 0.329 e. The Hall–Kier alpha value is -4.66. The molecular weight excluding hydrogens is 656 g/mol. The second-order valence-electron chi connectivity index (χ2n) is 14.8. The van der Waals surface area contributed by atoms with Crippen LogP contribution in [-0.4, -0.2) is 59.1 Å². The maximum absolute atomic E-state index is 12.8. The highest BCUT2D eigenvalue weighted by Crippen LogP contribution is 2.42. The largest absolute Gasteiger partial charge is 0.480 e. The second kappa shape index (κ2) is 19.8. The number of hydrogen-bond acceptors (Lipinski definition) is 6. The van der Waals surface area contributed by atoms with Gasteiger partial charge in [0.05, 0.1) is 0 Å². The highest BCUT2D eigenvalue weighted by Gasteiger charge is 2.39. The molecule has 2 rings (SSSR count). The molecule has 2 unspecified atom stereocenters. The van der Waals surface area contributed by atoms with Gasteiger partial charge < -0.3 is 19.7 Å². The lowest BCUT2D eigenvalue weighted by molar-refractivity contribution is -0.149. The summed E-state index contributed by atoms with van der Waals surface area (Å²) >= 11 is 0. The van der Waals surface area contributed by atoms with E-state index in [0.717, 1.165) is 33.4 Å². The molecule has 0 bridgehead atoms. The minimum Gasteiger partial charge on any atom is -0.480 e. The van der Waals surface area contributed by atoms with E-state index in [1.54, 1.807) is 13.8 Å². The van der Waals surface area contributed by atoms with Crippen LogP contribution in [0.15, 0.2) is 130 Å². The highest BCUT2D eigenvalue weighted by atomic mass is 16.5. The van der Waals surface area contributed by atoms with Crippen LogP contribution in [0.4, 0.5) is 0 Å². The topological polar surface area (TPSA) is 127 Å². The number of carbonyl (C=O) groups is 4. The van der Waals surface area contributed by atoms with Gasteiger partial charge in [0.15, 0.2) is 11.6 Å². The van der Waals surface area contributed by atoms with Gasteiger partial charge in [-0.15, -0.1) is 0 Å². The molecule has 0 amide bonds. The summed E-state index contributed by atoms with van der Waals surface area (Å²) in [7, 11) is 0. The predicted octanol–water partition coefficient (Wildman–Crippen LogP) is 9.12. The molecule has 2 atom stereocenters. The van der Waals surface area contributed by atoms with Crippen molar-refractivity contribution in [1.82, 2.24) is 0 Å². The van der Waals surface area contributed by atoms with E-state index in [1.807, 2.05) is 140 Å². The molecule has 0 aromatic rings. The van der Waals surface area contributed by atoms with E-state index in [-0.39, 0.29) is 22.4 Å². The van der Waals surface area contributed by atoms with Crippen LogP contribution < -0.4 is 0 Å². The molecule has 2 N–H and O–H groups in total. The van der Waals surface area contributed by atoms with Crippen molar-refractivity contribution in [3.8, 4) is 0 Å². The van der Waals surface area contributed by atoms with Gasteiger partial charge in [-0.3, -0.25) is 9.59 Å². The van der Waals surface area contributed by atoms with Crippen molar-refractivity contribution in [2.24, 2.45) is 10.8 Å². The number of allylic oxidation sites excluding steroid dienone is 20. The molecule has 0 heterocycles. The average Bonchev–Trinajstić information content (AvgIpc) is 3.04. The number of ketones is 2. The fourth-order valence-corrected chi connectivity index (χ4v) is 6.18. The summed E-state index contributed by atoms with van der Waals surface area (Å²) in [5.74, 6) is -2.50. The maximum atomic E-state index is 12.8. The number of carboxylic acid groups (broad SMARTS) is 2. The van der Waals surface area contributed by atoms with Crippen LogP contribution in [-0.2, 0) is 28.7 Å². The number of carbonyl (C=O) groups excluding carboxylic acids is 2. The summed E-state index contributed by atoms with van der Waals surface area (Å²) in [6.07, 6.45) is 27.4. The van der Waals surface area contributed by atoms with Crippen LogP contribution in [0, 0.1) is 10.8 Å². The Morgan fingerprint density at radius 3 is 1.23 bits per heavy atom. The number of Topliss-reactive ketones (excluding diaryl/α,β-unsaturated/α-hetero) is 2. The van der Waals surface area contributed by atoms with Gasteiger partial charge in [-0.25, -0.2) is 9.59 Å². The van der Waals surface area contributed by atoms with Crippen LogP contribution in [0.3, 0.4) is 0 Å². The van der Waals surface area contributed by atoms with E-state index < -0.39 is 37.4 Å². The van der Waals surface area contributed by atoms with Gasteiger partial charge in [0.25, 0.3) is 0 Å². The van der Waals surface area contributed by atoms with Crippen molar-refractivity contribution in [3.05, 3.63) is 130 Å². The number of rotatable bonds is 16. The molecule has 8 nitrogen and oxygen atoms in total. The van der Waals surface area contributed by atoms with Gasteiger partial charge in [0, 0.05) is 0 Å². The monoisotopic (exact) mass is 712 g/mol. The Bertz CT molecular complexity index is 1600. The van der Waals surface area contributed by atoms with Gasteiger partial charge in [0.2, 0.25) is 0 Å². The van der Waals surface area contributed by atoms with Gasteiger partial charge in [-0.05, 0) is 87.5 Å². The van der Waals surface area contributed by atoms with Crippen molar-refractivity contribution < 1.29 is 38.9 Å². The minimum atomic E-state index is -1.09. The molecule has 0 aliphatic heterocycles. The normalized spacial score (nSPS) is 22.4. The summed E-state index contributed by atoms with van der Waals surface area (Å²) in [5, 5.41) is 17.8. The quantitative estimate of drug-likeness (QED) is 0.152. The summed E-state index contributed by atoms with van der Waals surface area (Å²) in [6.45, 7) is 18.8. The molecule has 2 aliphatic rings. The number of aliphatic carboxylic acids is 2. The summed E-state index contributed by atoms with van der Waals surface area (Å²) in [6, 6.07) is 0. The zero-order valence-electron chi connectivity index (χ0n) is 32.4. The zero-order valence-corrected chi connectivity index (χ0v) is 32.4. The molecule has 0 radical (unpaired) electrons. The Balaban J connectivity index is 1.97. The lowest BCUT2D eigenvalue weighted by Gasteiger charge is -2.36. The smallest absolute Gasteiger partial charge is 0.329 e. The van der Waals surface area contributed by atoms with Gasteiger partial charge in [-0.2, -0.15) is 0 Å². The first-order chi connectivity index (χ1) is 24.2. The molecule has 0 saturated heterocycles. The van der Waals surface area contributed by atoms with Crippen molar-refractivity contribution >= 4 is 23.5 Å². The van der Waals surface area contributed by atoms with Crippen molar-refractivity contribution in [2.75, 3.05) is 13.2 Å². The van der Waals surface area contributed by atoms with Crippen LogP contribution in [0.5, 0.6) is 0 Å². The Labute approximate surface area is 309 Å². The summed E-state index contributed by atoms with van der Waals surface area (Å²) in [5.41, 5.74) is 6.61. The van der Waals surface area contributed by atoms with Gasteiger partial charge in [-0.1, -0.05) is 135 Å². The third-order valence-electron chi connectivity index (χ3n) is 9.09. The van der Waals surface area contributed by atoms with E-state index in [1.165, 1.54) is 0 Å². The first-order valence-corrected chi connectivity index (χ1v) is 17.5. The fourth-order valence-electron chi connectivity index (χ4n) is 6.18. The average molecular weight is 713 g/mol. The molecule has 280 valence electrons. The number of hydrogen-bond donors (Lipinski definition) is 2. The molecule has 0 aromatic carbocycles. The van der Waals surface area contributed by atoms with Gasteiger partial charge >= 0.3 is 11.9 Å². The van der Waals surface area contributed by atoms with E-state index in [2.05, 4.69) is 0 Å². The lowest BCUT2D eigenvalue weighted by Crippen LogP contribution is -2.38. The molecule has 52 heavy (non-hydrogen) atoms. The summed E-state index contributed by atoms with van der Waals surface area (Å²) < 4.78 is 10.7. The molecule has 2 aliphatic carbocycles. The molecule has 8 heteroatoms. The summed E-state index contributed by atoms with van der Waals surface area (Å²) in [4.78, 5) is 47.4. The Morgan fingerprint density at radius 1 is 0.596 bits per heavy atom. The van der Waals surface area contributed by atoms with E-state index in [4.69, 9.17) is 19.7 Å². The second-order valence-corrected chi connectivity index (χ2v) is 14.8. The van der Waals surface area contributed by atoms with Crippen molar-refractivity contribution in [3.63, 3.8) is 0 Å². The van der Waals surface area contributed by atoms with Crippen molar-refractivity contribution in [2.45, 2.75) is 94.3 Å². The minimum absolute atomic E-state index is 0.163. The Morgan fingerprint density at radius 2 is 0.904 bits per heavy atom. The first kappa shape index (κ1) is 43.5. The molecular formula is C44H56O8. The molecule has 0 spiro atoms. The van der Waals surface area contributed by atoms with E-state index in [9.17, 15) is 19.2 Å².